The molecule has 17 heavy (non-hydrogen) atoms. The van der Waals surface area contributed by atoms with E-state index in [-0.39, 0.29) is 5.92 Å². The van der Waals surface area contributed by atoms with E-state index in [4.69, 9.17) is 0 Å². The molecule has 0 aliphatic carbocycles. The Morgan fingerprint density at radius 3 is 2.59 bits per heavy atom. The molecular formula is C13H13BrN2O. The molecule has 0 bridgehead atoms. The maximum Gasteiger partial charge on any atom is 0.128 e. The Morgan fingerprint density at radius 1 is 1.41 bits per heavy atom. The van der Waals surface area contributed by atoms with E-state index in [0.29, 0.717) is 5.33 Å². The van der Waals surface area contributed by atoms with E-state index in [1.54, 1.807) is 6.33 Å². The van der Waals surface area contributed by atoms with Crippen LogP contribution in [0.5, 0.6) is 0 Å². The Labute approximate surface area is 109 Å². The summed E-state index contributed by atoms with van der Waals surface area (Å²) in [6.07, 6.45) is 4.72. The van der Waals surface area contributed by atoms with Gasteiger partial charge in [0.05, 0.1) is 12.0 Å². The van der Waals surface area contributed by atoms with Crippen LogP contribution in [0.2, 0.25) is 0 Å². The summed E-state index contributed by atoms with van der Waals surface area (Å²) in [7, 11) is 0. The third kappa shape index (κ3) is 2.64. The van der Waals surface area contributed by atoms with Crippen LogP contribution in [0.1, 0.15) is 17.2 Å². The van der Waals surface area contributed by atoms with E-state index in [0.717, 1.165) is 23.2 Å². The smallest absolute Gasteiger partial charge is 0.128 e. The molecule has 0 aliphatic heterocycles. The predicted octanol–water partition coefficient (Wildman–Crippen LogP) is 2.86. The van der Waals surface area contributed by atoms with Crippen molar-refractivity contribution in [2.75, 3.05) is 5.33 Å². The maximum absolute atomic E-state index is 10.8. The lowest BCUT2D eigenvalue weighted by Gasteiger charge is -2.08. The standard InChI is InChI=1S/C13H13BrN2O/c1-10-7-16(9-15-10)13-4-2-11(3-5-13)12(6-14)8-17/h2-5,7-9,12H,6H2,1H3. The number of nitrogens with zero attached hydrogens (tertiary/aromatic N) is 2. The molecule has 4 heteroatoms. The summed E-state index contributed by atoms with van der Waals surface area (Å²) in [6.45, 7) is 1.96. The van der Waals surface area contributed by atoms with Gasteiger partial charge < -0.3 is 9.36 Å². The average Bonchev–Trinajstić information content (AvgIpc) is 2.78. The minimum Gasteiger partial charge on any atom is -0.306 e. The van der Waals surface area contributed by atoms with Crippen molar-refractivity contribution in [3.8, 4) is 5.69 Å². The van der Waals surface area contributed by atoms with Gasteiger partial charge >= 0.3 is 0 Å². The largest absolute Gasteiger partial charge is 0.306 e. The predicted molar refractivity (Wildman–Crippen MR) is 70.9 cm³/mol. The van der Waals surface area contributed by atoms with Crippen LogP contribution in [0.25, 0.3) is 5.69 Å². The fraction of sp³-hybridized carbons (Fsp3) is 0.231. The molecule has 1 unspecified atom stereocenters. The van der Waals surface area contributed by atoms with E-state index in [2.05, 4.69) is 20.9 Å². The van der Waals surface area contributed by atoms with Gasteiger partial charge in [-0.2, -0.15) is 0 Å². The quantitative estimate of drug-likeness (QED) is 0.642. The molecule has 0 aliphatic rings. The lowest BCUT2D eigenvalue weighted by Crippen LogP contribution is -2.01. The number of rotatable bonds is 4. The van der Waals surface area contributed by atoms with E-state index in [9.17, 15) is 4.79 Å². The van der Waals surface area contributed by atoms with E-state index >= 15 is 0 Å². The molecule has 1 aromatic heterocycles. The van der Waals surface area contributed by atoms with Crippen molar-refractivity contribution < 1.29 is 4.79 Å². The highest BCUT2D eigenvalue weighted by Crippen LogP contribution is 2.18. The van der Waals surface area contributed by atoms with Gasteiger partial charge in [-0.25, -0.2) is 4.98 Å². The first-order valence-electron chi connectivity index (χ1n) is 5.37. The highest BCUT2D eigenvalue weighted by Gasteiger charge is 2.08. The van der Waals surface area contributed by atoms with Crippen LogP contribution in [0, 0.1) is 6.92 Å². The van der Waals surface area contributed by atoms with Crippen molar-refractivity contribution in [3.63, 3.8) is 0 Å². The molecule has 3 nitrogen and oxygen atoms in total. The van der Waals surface area contributed by atoms with Gasteiger partial charge in [0.2, 0.25) is 0 Å². The SMILES string of the molecule is Cc1cn(-c2ccc(C(C=O)CBr)cc2)cn1. The number of alkyl halides is 1. The Kier molecular flexibility index (Phi) is 3.74. The molecule has 88 valence electrons. The molecule has 2 rings (SSSR count). The summed E-state index contributed by atoms with van der Waals surface area (Å²) < 4.78 is 1.96. The first kappa shape index (κ1) is 12.0. The third-order valence-electron chi connectivity index (χ3n) is 2.66. The fourth-order valence-electron chi connectivity index (χ4n) is 1.66. The molecule has 0 saturated heterocycles. The number of hydrogen-bond donors (Lipinski definition) is 0. The molecule has 1 heterocycles. The molecule has 2 aromatic rings. The van der Waals surface area contributed by atoms with Gasteiger partial charge in [-0.3, -0.25) is 0 Å². The number of carbonyl (C=O) groups excluding carboxylic acids is 1. The van der Waals surface area contributed by atoms with Gasteiger partial charge in [-0.15, -0.1) is 0 Å². The zero-order valence-corrected chi connectivity index (χ0v) is 11.1. The van der Waals surface area contributed by atoms with Crippen LogP contribution >= 0.6 is 15.9 Å². The van der Waals surface area contributed by atoms with Gasteiger partial charge in [0.15, 0.2) is 0 Å². The number of aryl methyl sites for hydroxylation is 1. The zero-order valence-electron chi connectivity index (χ0n) is 9.51. The van der Waals surface area contributed by atoms with Crippen molar-refractivity contribution in [1.82, 2.24) is 9.55 Å². The van der Waals surface area contributed by atoms with Crippen molar-refractivity contribution in [1.29, 1.82) is 0 Å². The lowest BCUT2D eigenvalue weighted by atomic mass is 10.0. The summed E-state index contributed by atoms with van der Waals surface area (Å²) in [6, 6.07) is 7.95. The Morgan fingerprint density at radius 2 is 2.12 bits per heavy atom. The number of hydrogen-bond acceptors (Lipinski definition) is 2. The Bertz CT molecular complexity index is 504. The number of imidazole rings is 1. The van der Waals surface area contributed by atoms with Gasteiger partial charge in [0.1, 0.15) is 6.29 Å². The minimum atomic E-state index is -0.0754. The van der Waals surface area contributed by atoms with Crippen molar-refractivity contribution in [2.45, 2.75) is 12.8 Å². The lowest BCUT2D eigenvalue weighted by molar-refractivity contribution is -0.108. The van der Waals surface area contributed by atoms with Gasteiger partial charge in [-0.05, 0) is 24.6 Å². The van der Waals surface area contributed by atoms with E-state index < -0.39 is 0 Å². The van der Waals surface area contributed by atoms with E-state index in [1.165, 1.54) is 0 Å². The van der Waals surface area contributed by atoms with Gasteiger partial charge in [0.25, 0.3) is 0 Å². The minimum absolute atomic E-state index is 0.0754. The van der Waals surface area contributed by atoms with Crippen LogP contribution < -0.4 is 0 Å². The van der Waals surface area contributed by atoms with Crippen LogP contribution in [-0.4, -0.2) is 21.2 Å². The van der Waals surface area contributed by atoms with Crippen LogP contribution in [-0.2, 0) is 4.79 Å². The normalized spacial score (nSPS) is 12.4. The van der Waals surface area contributed by atoms with Crippen molar-refractivity contribution >= 4 is 22.2 Å². The van der Waals surface area contributed by atoms with Crippen molar-refractivity contribution in [3.05, 3.63) is 48.0 Å². The molecule has 0 fully saturated rings. The maximum atomic E-state index is 10.8. The number of carbonyl (C=O) groups is 1. The van der Waals surface area contributed by atoms with Crippen LogP contribution in [0.15, 0.2) is 36.8 Å². The fourth-order valence-corrected chi connectivity index (χ4v) is 2.19. The molecular weight excluding hydrogens is 280 g/mol. The number of halogens is 1. The second-order valence-corrected chi connectivity index (χ2v) is 4.56. The summed E-state index contributed by atoms with van der Waals surface area (Å²) >= 11 is 3.33. The number of aldehydes is 1. The first-order chi connectivity index (χ1) is 8.24. The van der Waals surface area contributed by atoms with Gasteiger partial charge in [-0.1, -0.05) is 28.1 Å². The summed E-state index contributed by atoms with van der Waals surface area (Å²) in [5, 5.41) is 0.653. The van der Waals surface area contributed by atoms with Crippen LogP contribution in [0.4, 0.5) is 0 Å². The number of aromatic nitrogens is 2. The second-order valence-electron chi connectivity index (χ2n) is 3.91. The molecule has 0 N–H and O–H groups in total. The molecule has 0 spiro atoms. The topological polar surface area (TPSA) is 34.9 Å². The van der Waals surface area contributed by atoms with Crippen LogP contribution in [0.3, 0.4) is 0 Å². The highest BCUT2D eigenvalue weighted by atomic mass is 79.9. The Balaban J connectivity index is 2.26. The highest BCUT2D eigenvalue weighted by molar-refractivity contribution is 9.09. The third-order valence-corrected chi connectivity index (χ3v) is 3.36. The monoisotopic (exact) mass is 292 g/mol. The molecule has 0 amide bonds. The Hall–Kier alpha value is -1.42. The molecule has 1 atom stereocenters. The first-order valence-corrected chi connectivity index (χ1v) is 6.49. The molecule has 0 saturated carbocycles. The summed E-state index contributed by atoms with van der Waals surface area (Å²) in [5.74, 6) is -0.0754. The van der Waals surface area contributed by atoms with Crippen molar-refractivity contribution in [2.24, 2.45) is 0 Å². The summed E-state index contributed by atoms with van der Waals surface area (Å²) in [5.41, 5.74) is 3.06. The summed E-state index contributed by atoms with van der Waals surface area (Å²) in [4.78, 5) is 15.0. The van der Waals surface area contributed by atoms with Gasteiger partial charge in [0, 0.05) is 23.1 Å². The zero-order chi connectivity index (χ0) is 12.3. The van der Waals surface area contributed by atoms with E-state index in [1.807, 2.05) is 42.0 Å². The second kappa shape index (κ2) is 5.27. The number of benzene rings is 1. The molecule has 0 radical (unpaired) electrons. The molecule has 1 aromatic carbocycles. The average molecular weight is 293 g/mol.